The topological polar surface area (TPSA) is 69.3 Å². The van der Waals surface area contributed by atoms with Crippen molar-refractivity contribution in [2.24, 2.45) is 0 Å². The summed E-state index contributed by atoms with van der Waals surface area (Å²) >= 11 is 1.55. The molecule has 0 saturated carbocycles. The molecule has 0 bridgehead atoms. The Balaban J connectivity index is 1.45. The van der Waals surface area contributed by atoms with E-state index in [1.54, 1.807) is 18.9 Å². The maximum absolute atomic E-state index is 5.72. The number of hydrogen-bond acceptors (Lipinski definition) is 6. The van der Waals surface area contributed by atoms with E-state index in [-0.39, 0.29) is 0 Å². The molecule has 0 radical (unpaired) electrons. The molecule has 3 rings (SSSR count). The van der Waals surface area contributed by atoms with Crippen molar-refractivity contribution in [3.05, 3.63) is 48.5 Å². The van der Waals surface area contributed by atoms with Crippen molar-refractivity contribution in [1.82, 2.24) is 15.2 Å². The molecule has 3 aromatic rings. The number of hydrogen-bond donors (Lipinski definition) is 1. The number of aromatic nitrogens is 3. The van der Waals surface area contributed by atoms with Gasteiger partial charge < -0.3 is 14.2 Å². The van der Waals surface area contributed by atoms with E-state index in [0.717, 1.165) is 34.4 Å². The van der Waals surface area contributed by atoms with Gasteiger partial charge in [-0.3, -0.25) is 5.10 Å². The van der Waals surface area contributed by atoms with Crippen LogP contribution in [0.2, 0.25) is 0 Å². The van der Waals surface area contributed by atoms with Crippen molar-refractivity contribution < 1.29 is 14.2 Å². The standard InChI is InChI=1S/C19H21N3O3S/c1-3-24-16-8-10-17(11-9-16)25-12-13-26-19-20-18(21-22-19)14-4-6-15(23-2)7-5-14/h4-11H,3,12-13H2,1-2H3,(H,20,21,22). The van der Waals surface area contributed by atoms with Crippen LogP contribution in [-0.4, -0.2) is 41.3 Å². The van der Waals surface area contributed by atoms with Crippen LogP contribution in [0.5, 0.6) is 17.2 Å². The van der Waals surface area contributed by atoms with Crippen molar-refractivity contribution in [1.29, 1.82) is 0 Å². The van der Waals surface area contributed by atoms with E-state index in [1.807, 2.05) is 55.5 Å². The zero-order valence-electron chi connectivity index (χ0n) is 14.8. The normalized spacial score (nSPS) is 10.5. The summed E-state index contributed by atoms with van der Waals surface area (Å²) in [7, 11) is 1.65. The lowest BCUT2D eigenvalue weighted by Gasteiger charge is -2.06. The Morgan fingerprint density at radius 2 is 1.58 bits per heavy atom. The lowest BCUT2D eigenvalue weighted by Crippen LogP contribution is -2.00. The quantitative estimate of drug-likeness (QED) is 0.452. The third-order valence-electron chi connectivity index (χ3n) is 3.55. The van der Waals surface area contributed by atoms with Gasteiger partial charge in [-0.05, 0) is 55.5 Å². The highest BCUT2D eigenvalue weighted by Gasteiger charge is 2.06. The molecule has 1 aromatic heterocycles. The number of methoxy groups -OCH3 is 1. The van der Waals surface area contributed by atoms with E-state index in [4.69, 9.17) is 14.2 Å². The fraction of sp³-hybridized carbons (Fsp3) is 0.263. The van der Waals surface area contributed by atoms with Crippen LogP contribution in [0, 0.1) is 0 Å². The predicted molar refractivity (Wildman–Crippen MR) is 102 cm³/mol. The van der Waals surface area contributed by atoms with Crippen LogP contribution in [0.1, 0.15) is 6.92 Å². The van der Waals surface area contributed by atoms with Gasteiger partial charge in [-0.1, -0.05) is 11.8 Å². The number of aromatic amines is 1. The summed E-state index contributed by atoms with van der Waals surface area (Å²) in [6.45, 7) is 3.20. The highest BCUT2D eigenvalue weighted by Crippen LogP contribution is 2.22. The first-order chi connectivity index (χ1) is 12.8. The number of ether oxygens (including phenoxy) is 3. The van der Waals surface area contributed by atoms with Gasteiger partial charge >= 0.3 is 0 Å². The SMILES string of the molecule is CCOc1ccc(OCCSc2n[nH]c(-c3ccc(OC)cc3)n2)cc1. The van der Waals surface area contributed by atoms with Crippen LogP contribution >= 0.6 is 11.8 Å². The van der Waals surface area contributed by atoms with Crippen molar-refractivity contribution in [3.63, 3.8) is 0 Å². The van der Waals surface area contributed by atoms with Gasteiger partial charge in [-0.15, -0.1) is 5.10 Å². The summed E-state index contributed by atoms with van der Waals surface area (Å²) in [4.78, 5) is 4.50. The monoisotopic (exact) mass is 371 g/mol. The molecular weight excluding hydrogens is 350 g/mol. The smallest absolute Gasteiger partial charge is 0.208 e. The van der Waals surface area contributed by atoms with Crippen molar-refractivity contribution in [2.75, 3.05) is 26.1 Å². The van der Waals surface area contributed by atoms with E-state index in [9.17, 15) is 0 Å². The lowest BCUT2D eigenvalue weighted by molar-refractivity contribution is 0.332. The van der Waals surface area contributed by atoms with Crippen LogP contribution in [0.4, 0.5) is 0 Å². The van der Waals surface area contributed by atoms with Crippen LogP contribution in [0.25, 0.3) is 11.4 Å². The molecule has 0 atom stereocenters. The Hall–Kier alpha value is -2.67. The molecule has 0 aliphatic heterocycles. The third-order valence-corrected chi connectivity index (χ3v) is 4.36. The molecule has 0 fully saturated rings. The summed E-state index contributed by atoms with van der Waals surface area (Å²) < 4.78 is 16.3. The third kappa shape index (κ3) is 4.92. The van der Waals surface area contributed by atoms with Gasteiger partial charge in [-0.25, -0.2) is 4.98 Å². The molecule has 0 amide bonds. The first kappa shape index (κ1) is 18.1. The highest BCUT2D eigenvalue weighted by atomic mass is 32.2. The minimum absolute atomic E-state index is 0.574. The first-order valence-electron chi connectivity index (χ1n) is 8.34. The minimum atomic E-state index is 0.574. The fourth-order valence-corrected chi connectivity index (χ4v) is 2.90. The van der Waals surface area contributed by atoms with Gasteiger partial charge in [0.25, 0.3) is 0 Å². The number of benzene rings is 2. The van der Waals surface area contributed by atoms with Gasteiger partial charge in [0.1, 0.15) is 17.2 Å². The first-order valence-corrected chi connectivity index (χ1v) is 9.32. The molecule has 26 heavy (non-hydrogen) atoms. The molecule has 0 unspecified atom stereocenters. The number of H-pyrrole nitrogens is 1. The van der Waals surface area contributed by atoms with E-state index >= 15 is 0 Å². The minimum Gasteiger partial charge on any atom is -0.497 e. The van der Waals surface area contributed by atoms with Gasteiger partial charge in [0.05, 0.1) is 20.3 Å². The maximum atomic E-state index is 5.72. The Bertz CT molecular complexity index is 804. The van der Waals surface area contributed by atoms with Gasteiger partial charge in [0, 0.05) is 11.3 Å². The second-order valence-electron chi connectivity index (χ2n) is 5.30. The van der Waals surface area contributed by atoms with Gasteiger partial charge in [0.2, 0.25) is 5.16 Å². The Morgan fingerprint density at radius 3 is 2.23 bits per heavy atom. The second-order valence-corrected chi connectivity index (χ2v) is 6.36. The maximum Gasteiger partial charge on any atom is 0.208 e. The lowest BCUT2D eigenvalue weighted by atomic mass is 10.2. The number of thioether (sulfide) groups is 1. The summed E-state index contributed by atoms with van der Waals surface area (Å²) in [6, 6.07) is 15.3. The van der Waals surface area contributed by atoms with Crippen LogP contribution in [-0.2, 0) is 0 Å². The average molecular weight is 371 g/mol. The largest absolute Gasteiger partial charge is 0.497 e. The van der Waals surface area contributed by atoms with Crippen molar-refractivity contribution in [2.45, 2.75) is 12.1 Å². The zero-order valence-corrected chi connectivity index (χ0v) is 15.6. The van der Waals surface area contributed by atoms with Crippen molar-refractivity contribution in [3.8, 4) is 28.6 Å². The highest BCUT2D eigenvalue weighted by molar-refractivity contribution is 7.99. The second kappa shape index (κ2) is 9.15. The predicted octanol–water partition coefficient (Wildman–Crippen LogP) is 4.05. The van der Waals surface area contributed by atoms with Gasteiger partial charge in [0.15, 0.2) is 5.82 Å². The molecular formula is C19H21N3O3S. The molecule has 6 nitrogen and oxygen atoms in total. The molecule has 0 saturated heterocycles. The van der Waals surface area contributed by atoms with Crippen LogP contribution < -0.4 is 14.2 Å². The Morgan fingerprint density at radius 1 is 0.923 bits per heavy atom. The Kier molecular flexibility index (Phi) is 6.38. The van der Waals surface area contributed by atoms with Crippen LogP contribution in [0.15, 0.2) is 53.7 Å². The summed E-state index contributed by atoms with van der Waals surface area (Å²) in [6.07, 6.45) is 0. The molecule has 0 spiro atoms. The molecule has 7 heteroatoms. The summed E-state index contributed by atoms with van der Waals surface area (Å²) in [5, 5.41) is 7.89. The van der Waals surface area contributed by atoms with E-state index < -0.39 is 0 Å². The van der Waals surface area contributed by atoms with Crippen LogP contribution in [0.3, 0.4) is 0 Å². The summed E-state index contributed by atoms with van der Waals surface area (Å²) in [5.41, 5.74) is 0.968. The van der Waals surface area contributed by atoms with Gasteiger partial charge in [-0.2, -0.15) is 0 Å². The average Bonchev–Trinajstić information content (AvgIpc) is 3.16. The molecule has 0 aliphatic rings. The van der Waals surface area contributed by atoms with E-state index in [0.29, 0.717) is 18.4 Å². The van der Waals surface area contributed by atoms with Crippen molar-refractivity contribution >= 4 is 11.8 Å². The Labute approximate surface area is 156 Å². The molecule has 136 valence electrons. The molecule has 1 heterocycles. The zero-order chi connectivity index (χ0) is 18.2. The fourth-order valence-electron chi connectivity index (χ4n) is 2.28. The molecule has 1 N–H and O–H groups in total. The molecule has 0 aliphatic carbocycles. The summed E-state index contributed by atoms with van der Waals surface area (Å²) in [5.74, 6) is 3.98. The number of nitrogens with zero attached hydrogens (tertiary/aromatic N) is 2. The number of rotatable bonds is 9. The molecule has 2 aromatic carbocycles. The van der Waals surface area contributed by atoms with E-state index in [2.05, 4.69) is 15.2 Å². The van der Waals surface area contributed by atoms with E-state index in [1.165, 1.54) is 0 Å². The number of nitrogens with one attached hydrogen (secondary N) is 1.